The number of nitrogens with zero attached hydrogens (tertiary/aromatic N) is 5. The zero-order chi connectivity index (χ0) is 37.1. The van der Waals surface area contributed by atoms with Gasteiger partial charge in [0.15, 0.2) is 11.5 Å². The van der Waals surface area contributed by atoms with Gasteiger partial charge in [-0.3, -0.25) is 19.2 Å². The van der Waals surface area contributed by atoms with Crippen molar-refractivity contribution in [2.45, 2.75) is 112 Å². The average molecular weight is 688 g/mol. The number of carbonyl (C=O) groups is 2. The molecule has 4 rings (SSSR count). The standard InChI is InChI=1S/C10H19NO.C9H11F3N2O.C8H15NO2.C8H15NO/c1-8(2)11-6-4-10(5-7-11)9(3)12;1-5(2)14-8(9(10,11)12)7(4-13-14)6(3)15;1-6(2)9-4-3-7(5-9)8(10)11;1-6(2)9-4-8(5-9)7(3)10/h8,10,12H,3-7H2,1-2H3;4-5H,1-3H3;6-7H,3-5H2,1-2H3,(H,10,11);6,8,10H,3-5H2,1-2H3. The molecule has 0 aliphatic carbocycles. The Hall–Kier alpha value is -2.90. The Labute approximate surface area is 285 Å². The summed E-state index contributed by atoms with van der Waals surface area (Å²) in [7, 11) is 0. The second kappa shape index (κ2) is 19.3. The van der Waals surface area contributed by atoms with E-state index >= 15 is 0 Å². The summed E-state index contributed by atoms with van der Waals surface area (Å²) in [5.74, 6) is -0.00233. The van der Waals surface area contributed by atoms with E-state index in [2.05, 4.69) is 74.5 Å². The normalized spacial score (nSPS) is 19.6. The summed E-state index contributed by atoms with van der Waals surface area (Å²) < 4.78 is 38.8. The summed E-state index contributed by atoms with van der Waals surface area (Å²) in [4.78, 5) is 28.5. The number of hydrogen-bond acceptors (Lipinski definition) is 8. The van der Waals surface area contributed by atoms with Crippen LogP contribution in [0.5, 0.6) is 0 Å². The Morgan fingerprint density at radius 2 is 1.15 bits per heavy atom. The summed E-state index contributed by atoms with van der Waals surface area (Å²) in [5.41, 5.74) is -1.35. The van der Waals surface area contributed by atoms with Crippen LogP contribution >= 0.6 is 0 Å². The van der Waals surface area contributed by atoms with Gasteiger partial charge in [-0.1, -0.05) is 13.2 Å². The Morgan fingerprint density at radius 3 is 1.46 bits per heavy atom. The molecule has 48 heavy (non-hydrogen) atoms. The van der Waals surface area contributed by atoms with Gasteiger partial charge in [0.2, 0.25) is 0 Å². The van der Waals surface area contributed by atoms with Crippen molar-refractivity contribution in [2.75, 3.05) is 39.3 Å². The number of likely N-dealkylation sites (tertiary alicyclic amines) is 3. The van der Waals surface area contributed by atoms with Crippen LogP contribution in [-0.4, -0.2) is 109 Å². The number of alkyl halides is 3. The molecule has 0 bridgehead atoms. The molecular formula is C35H60F3N5O5. The number of ketones is 1. The number of aromatic nitrogens is 2. The number of Topliss-reactive ketones (excluding diaryl/α,β-unsaturated/α-hetero) is 1. The summed E-state index contributed by atoms with van der Waals surface area (Å²) in [6.45, 7) is 30.1. The fourth-order valence-corrected chi connectivity index (χ4v) is 5.65. The average Bonchev–Trinajstić information content (AvgIpc) is 3.62. The number of carbonyl (C=O) groups excluding carboxylic acids is 1. The molecule has 4 heterocycles. The second-order valence-corrected chi connectivity index (χ2v) is 14.0. The van der Waals surface area contributed by atoms with E-state index < -0.39 is 29.7 Å². The fraction of sp³-hybridized carbons (Fsp3) is 0.743. The fourth-order valence-electron chi connectivity index (χ4n) is 5.65. The molecule has 0 spiro atoms. The second-order valence-electron chi connectivity index (χ2n) is 14.0. The van der Waals surface area contributed by atoms with Crippen LogP contribution < -0.4 is 0 Å². The molecule has 276 valence electrons. The molecule has 10 nitrogen and oxygen atoms in total. The predicted octanol–water partition coefficient (Wildman–Crippen LogP) is 7.06. The zero-order valence-electron chi connectivity index (χ0n) is 30.4. The van der Waals surface area contributed by atoms with Crippen molar-refractivity contribution in [3.05, 3.63) is 42.1 Å². The lowest BCUT2D eigenvalue weighted by atomic mass is 9.95. The molecular weight excluding hydrogens is 627 g/mol. The Bertz CT molecular complexity index is 1180. The third-order valence-electron chi connectivity index (χ3n) is 9.07. The van der Waals surface area contributed by atoms with Gasteiger partial charge in [-0.25, -0.2) is 0 Å². The number of halogens is 3. The smallest absolute Gasteiger partial charge is 0.433 e. The van der Waals surface area contributed by atoms with Crippen LogP contribution in [0.2, 0.25) is 0 Å². The van der Waals surface area contributed by atoms with Crippen molar-refractivity contribution in [1.82, 2.24) is 24.5 Å². The molecule has 1 aromatic heterocycles. The van der Waals surface area contributed by atoms with E-state index in [1.165, 1.54) is 0 Å². The zero-order valence-corrected chi connectivity index (χ0v) is 30.4. The summed E-state index contributed by atoms with van der Waals surface area (Å²) in [6, 6.07) is 1.29. The molecule has 3 N–H and O–H groups in total. The van der Waals surface area contributed by atoms with Crippen LogP contribution in [0, 0.1) is 17.8 Å². The largest absolute Gasteiger partial charge is 0.513 e. The Morgan fingerprint density at radius 1 is 0.729 bits per heavy atom. The van der Waals surface area contributed by atoms with Gasteiger partial charge in [0.1, 0.15) is 0 Å². The number of aliphatic hydroxyl groups excluding tert-OH is 2. The molecule has 0 saturated carbocycles. The molecule has 3 fully saturated rings. The molecule has 1 aromatic rings. The number of rotatable bonds is 8. The van der Waals surface area contributed by atoms with E-state index in [4.69, 9.17) is 10.2 Å². The van der Waals surface area contributed by atoms with Gasteiger partial charge in [0.05, 0.1) is 29.2 Å². The summed E-state index contributed by atoms with van der Waals surface area (Å²) >= 11 is 0. The van der Waals surface area contributed by atoms with Crippen molar-refractivity contribution in [3.8, 4) is 0 Å². The van der Waals surface area contributed by atoms with Gasteiger partial charge in [0, 0.05) is 55.6 Å². The van der Waals surface area contributed by atoms with Crippen LogP contribution in [-0.2, 0) is 11.0 Å². The lowest BCUT2D eigenvalue weighted by Gasteiger charge is -2.41. The number of carboxylic acid groups (broad SMARTS) is 1. The molecule has 13 heteroatoms. The highest BCUT2D eigenvalue weighted by molar-refractivity contribution is 5.95. The van der Waals surface area contributed by atoms with Crippen LogP contribution in [0.1, 0.15) is 104 Å². The summed E-state index contributed by atoms with van der Waals surface area (Å²) in [6.07, 6.45) is -0.651. The van der Waals surface area contributed by atoms with Crippen molar-refractivity contribution in [3.63, 3.8) is 0 Å². The van der Waals surface area contributed by atoms with Crippen molar-refractivity contribution >= 4 is 11.8 Å². The summed E-state index contributed by atoms with van der Waals surface area (Å²) in [5, 5.41) is 30.4. The number of aliphatic carboxylic acids is 1. The molecule has 1 unspecified atom stereocenters. The van der Waals surface area contributed by atoms with E-state index in [-0.39, 0.29) is 11.5 Å². The number of piperidine rings is 1. The molecule has 3 saturated heterocycles. The van der Waals surface area contributed by atoms with E-state index in [0.29, 0.717) is 41.5 Å². The SMILES string of the molecule is C=C(O)C1CCN(C(C)C)CC1.C=C(O)C1CN(C(C)C)C1.CC(=O)c1cnn(C(C)C)c1C(F)(F)F.CC(C)N1CCC(C(=O)O)C1. The monoisotopic (exact) mass is 687 g/mol. The lowest BCUT2D eigenvalue weighted by molar-refractivity contribution is -0.145. The molecule has 1 atom stereocenters. The predicted molar refractivity (Wildman–Crippen MR) is 183 cm³/mol. The Kier molecular flexibility index (Phi) is 17.4. The van der Waals surface area contributed by atoms with Crippen LogP contribution in [0.3, 0.4) is 0 Å². The number of aliphatic hydroxyl groups is 2. The van der Waals surface area contributed by atoms with Gasteiger partial charge in [-0.05, 0) is 101 Å². The van der Waals surface area contributed by atoms with E-state index in [9.17, 15) is 27.9 Å². The number of hydrogen-bond donors (Lipinski definition) is 3. The highest BCUT2D eigenvalue weighted by atomic mass is 19.4. The maximum absolute atomic E-state index is 12.6. The van der Waals surface area contributed by atoms with Crippen LogP contribution in [0.4, 0.5) is 13.2 Å². The number of carboxylic acids is 1. The van der Waals surface area contributed by atoms with E-state index in [0.717, 1.165) is 76.3 Å². The molecule has 0 aromatic carbocycles. The minimum atomic E-state index is -4.55. The third kappa shape index (κ3) is 13.5. The van der Waals surface area contributed by atoms with Crippen molar-refractivity contribution < 1.29 is 38.1 Å². The quantitative estimate of drug-likeness (QED) is 0.195. The minimum absolute atomic E-state index is 0.127. The third-order valence-corrected chi connectivity index (χ3v) is 9.07. The first-order valence-electron chi connectivity index (χ1n) is 16.9. The van der Waals surface area contributed by atoms with Gasteiger partial charge < -0.3 is 25.1 Å². The number of allylic oxidation sites excluding steroid dienone is 1. The highest BCUT2D eigenvalue weighted by Gasteiger charge is 2.39. The molecule has 0 radical (unpaired) electrons. The van der Waals surface area contributed by atoms with Gasteiger partial charge >= 0.3 is 12.1 Å². The van der Waals surface area contributed by atoms with Crippen LogP contribution in [0.25, 0.3) is 0 Å². The first-order chi connectivity index (χ1) is 22.1. The molecule has 3 aliphatic heterocycles. The lowest BCUT2D eigenvalue weighted by Crippen LogP contribution is -2.50. The highest BCUT2D eigenvalue weighted by Crippen LogP contribution is 2.33. The maximum atomic E-state index is 12.6. The minimum Gasteiger partial charge on any atom is -0.513 e. The molecule has 3 aliphatic rings. The first-order valence-corrected chi connectivity index (χ1v) is 16.9. The maximum Gasteiger partial charge on any atom is 0.433 e. The van der Waals surface area contributed by atoms with E-state index in [1.54, 1.807) is 13.8 Å². The van der Waals surface area contributed by atoms with Crippen molar-refractivity contribution in [1.29, 1.82) is 0 Å². The van der Waals surface area contributed by atoms with Gasteiger partial charge in [-0.15, -0.1) is 0 Å². The van der Waals surface area contributed by atoms with Crippen molar-refractivity contribution in [2.24, 2.45) is 17.8 Å². The van der Waals surface area contributed by atoms with E-state index in [1.807, 2.05) is 0 Å². The topological polar surface area (TPSA) is 122 Å². The first kappa shape index (κ1) is 43.1. The van der Waals surface area contributed by atoms with Gasteiger partial charge in [-0.2, -0.15) is 18.3 Å². The van der Waals surface area contributed by atoms with Crippen LogP contribution in [0.15, 0.2) is 30.9 Å². The Balaban J connectivity index is 0.000000324. The van der Waals surface area contributed by atoms with Gasteiger partial charge in [0.25, 0.3) is 0 Å². The molecule has 0 amide bonds.